The first-order chi connectivity index (χ1) is 14.4. The number of benzene rings is 1. The topological polar surface area (TPSA) is 81.9 Å². The molecule has 0 saturated carbocycles. The molecule has 0 amide bonds. The second kappa shape index (κ2) is 8.33. The third-order valence-corrected chi connectivity index (χ3v) is 4.71. The van der Waals surface area contributed by atoms with Crippen molar-refractivity contribution in [2.75, 3.05) is 19.7 Å². The van der Waals surface area contributed by atoms with Crippen LogP contribution in [0.5, 0.6) is 0 Å². The average Bonchev–Trinajstić information content (AvgIpc) is 3.25. The number of morpholine rings is 1. The highest BCUT2D eigenvalue weighted by Crippen LogP contribution is 2.26. The van der Waals surface area contributed by atoms with E-state index in [2.05, 4.69) is 20.4 Å². The van der Waals surface area contributed by atoms with Crippen LogP contribution < -0.4 is 5.32 Å². The van der Waals surface area contributed by atoms with Crippen LogP contribution in [-0.2, 0) is 17.3 Å². The van der Waals surface area contributed by atoms with Crippen LogP contribution in [0.25, 0.3) is 5.82 Å². The van der Waals surface area contributed by atoms with Crippen molar-refractivity contribution in [1.29, 1.82) is 0 Å². The van der Waals surface area contributed by atoms with E-state index in [0.717, 1.165) is 30.4 Å². The number of halogens is 3. The zero-order chi connectivity index (χ0) is 21.1. The summed E-state index contributed by atoms with van der Waals surface area (Å²) < 4.78 is 44.7. The molecular weight excluding hydrogens is 399 g/mol. The summed E-state index contributed by atoms with van der Waals surface area (Å²) in [5.74, 6) is -0.0723. The van der Waals surface area contributed by atoms with E-state index in [0.29, 0.717) is 18.4 Å². The molecule has 156 valence electrons. The van der Waals surface area contributed by atoms with Gasteiger partial charge < -0.3 is 10.1 Å². The Hall–Kier alpha value is -3.11. The quantitative estimate of drug-likeness (QED) is 0.643. The number of nitrogens with one attached hydrogen (secondary N) is 1. The number of hydrogen-bond donors (Lipinski definition) is 1. The van der Waals surface area contributed by atoms with Crippen molar-refractivity contribution < 1.29 is 22.7 Å². The number of alkyl halides is 3. The maximum atomic E-state index is 12.6. The number of hydrogen-bond acceptors (Lipinski definition) is 6. The van der Waals surface area contributed by atoms with Crippen LogP contribution in [0.4, 0.5) is 13.2 Å². The second-order valence-electron chi connectivity index (χ2n) is 6.84. The minimum Gasteiger partial charge on any atom is -0.371 e. The monoisotopic (exact) mass is 417 g/mol. The van der Waals surface area contributed by atoms with Gasteiger partial charge in [0.05, 0.1) is 36.9 Å². The molecule has 0 bridgehead atoms. The van der Waals surface area contributed by atoms with Gasteiger partial charge in [-0.15, -0.1) is 0 Å². The third kappa shape index (κ3) is 4.55. The van der Waals surface area contributed by atoms with Gasteiger partial charge in [0.2, 0.25) is 0 Å². The fourth-order valence-electron chi connectivity index (χ4n) is 3.10. The van der Waals surface area contributed by atoms with Gasteiger partial charge in [-0.1, -0.05) is 24.3 Å². The molecule has 4 rings (SSSR count). The largest absolute Gasteiger partial charge is 0.434 e. The fourth-order valence-corrected chi connectivity index (χ4v) is 3.10. The number of aromatic nitrogens is 4. The van der Waals surface area contributed by atoms with Gasteiger partial charge in [-0.3, -0.25) is 4.79 Å². The summed E-state index contributed by atoms with van der Waals surface area (Å²) in [5, 5.41) is 7.28. The van der Waals surface area contributed by atoms with Crippen LogP contribution in [0, 0.1) is 0 Å². The predicted molar refractivity (Wildman–Crippen MR) is 100 cm³/mol. The summed E-state index contributed by atoms with van der Waals surface area (Å²) in [7, 11) is 0. The lowest BCUT2D eigenvalue weighted by molar-refractivity contribution is -0.141. The Kier molecular flexibility index (Phi) is 5.60. The minimum absolute atomic E-state index is 0.00609. The first-order valence-corrected chi connectivity index (χ1v) is 9.29. The maximum absolute atomic E-state index is 12.6. The van der Waals surface area contributed by atoms with Gasteiger partial charge in [-0.25, -0.2) is 14.6 Å². The van der Waals surface area contributed by atoms with Crippen molar-refractivity contribution in [2.24, 2.45) is 0 Å². The number of carbonyl (C=O) groups is 1. The normalized spacial score (nSPS) is 17.1. The minimum atomic E-state index is -4.56. The SMILES string of the molecule is O=C(Cc1ccc([C@H]2CNCCO2)cc1)c1cnn(-c2cnc(C(F)(F)F)cn2)c1. The molecule has 7 nitrogen and oxygen atoms in total. The Morgan fingerprint density at radius 2 is 1.97 bits per heavy atom. The Labute approximate surface area is 169 Å². The van der Waals surface area contributed by atoms with Crippen molar-refractivity contribution in [3.63, 3.8) is 0 Å². The number of ether oxygens (including phenoxy) is 1. The van der Waals surface area contributed by atoms with Crippen LogP contribution >= 0.6 is 0 Å². The van der Waals surface area contributed by atoms with Gasteiger partial charge in [0, 0.05) is 25.7 Å². The van der Waals surface area contributed by atoms with Gasteiger partial charge in [0.25, 0.3) is 0 Å². The molecule has 0 radical (unpaired) electrons. The van der Waals surface area contributed by atoms with E-state index in [1.165, 1.54) is 17.1 Å². The smallest absolute Gasteiger partial charge is 0.371 e. The highest BCUT2D eigenvalue weighted by atomic mass is 19.4. The summed E-state index contributed by atoms with van der Waals surface area (Å²) >= 11 is 0. The van der Waals surface area contributed by atoms with Crippen LogP contribution in [0.1, 0.15) is 33.3 Å². The van der Waals surface area contributed by atoms with E-state index in [-0.39, 0.29) is 24.1 Å². The fraction of sp³-hybridized carbons (Fsp3) is 0.300. The molecular formula is C20H18F3N5O2. The van der Waals surface area contributed by atoms with Gasteiger partial charge in [0.1, 0.15) is 0 Å². The first kappa shape index (κ1) is 20.2. The molecule has 1 atom stereocenters. The molecule has 1 N–H and O–H groups in total. The summed E-state index contributed by atoms with van der Waals surface area (Å²) in [4.78, 5) is 19.6. The average molecular weight is 417 g/mol. The molecule has 1 aliphatic heterocycles. The molecule has 0 spiro atoms. The maximum Gasteiger partial charge on any atom is 0.434 e. The number of carbonyl (C=O) groups excluding carboxylic acids is 1. The second-order valence-corrected chi connectivity index (χ2v) is 6.84. The van der Waals surface area contributed by atoms with Crippen LogP contribution in [0.15, 0.2) is 49.1 Å². The number of nitrogens with zero attached hydrogens (tertiary/aromatic N) is 4. The molecule has 1 aliphatic rings. The molecule has 3 aromatic rings. The first-order valence-electron chi connectivity index (χ1n) is 9.29. The van der Waals surface area contributed by atoms with E-state index in [1.807, 2.05) is 24.3 Å². The van der Waals surface area contributed by atoms with E-state index in [4.69, 9.17) is 4.74 Å². The number of rotatable bonds is 5. The highest BCUT2D eigenvalue weighted by molar-refractivity contribution is 5.97. The standard InChI is InChI=1S/C20H18F3N5O2/c21-20(22,23)18-10-26-19(11-25-18)28-12-15(8-27-28)16(29)7-13-1-3-14(4-2-13)17-9-24-5-6-30-17/h1-4,8,10-12,17,24H,5-7,9H2/t17-/m1/s1. The molecule has 2 aromatic heterocycles. The van der Waals surface area contributed by atoms with E-state index < -0.39 is 11.9 Å². The van der Waals surface area contributed by atoms with Gasteiger partial charge in [-0.05, 0) is 11.1 Å². The number of ketones is 1. The van der Waals surface area contributed by atoms with Crippen LogP contribution in [0.3, 0.4) is 0 Å². The van der Waals surface area contributed by atoms with E-state index >= 15 is 0 Å². The van der Waals surface area contributed by atoms with E-state index in [1.54, 1.807) is 0 Å². The lowest BCUT2D eigenvalue weighted by Crippen LogP contribution is -2.33. The zero-order valence-corrected chi connectivity index (χ0v) is 15.8. The van der Waals surface area contributed by atoms with Crippen molar-refractivity contribution in [3.05, 3.63) is 71.4 Å². The Balaban J connectivity index is 1.41. The summed E-state index contributed by atoms with van der Waals surface area (Å²) in [6.07, 6.45) is -0.00374. The lowest BCUT2D eigenvalue weighted by Gasteiger charge is -2.24. The highest BCUT2D eigenvalue weighted by Gasteiger charge is 2.32. The molecule has 1 saturated heterocycles. The van der Waals surface area contributed by atoms with Crippen molar-refractivity contribution >= 4 is 5.78 Å². The summed E-state index contributed by atoms with van der Waals surface area (Å²) in [6, 6.07) is 7.66. The van der Waals surface area contributed by atoms with Gasteiger partial charge in [-0.2, -0.15) is 18.3 Å². The van der Waals surface area contributed by atoms with Crippen LogP contribution in [-0.4, -0.2) is 45.2 Å². The Morgan fingerprint density at radius 1 is 1.17 bits per heavy atom. The molecule has 0 unspecified atom stereocenters. The Morgan fingerprint density at radius 3 is 2.60 bits per heavy atom. The van der Waals surface area contributed by atoms with Crippen molar-refractivity contribution in [2.45, 2.75) is 18.7 Å². The predicted octanol–water partition coefficient (Wildman–Crippen LogP) is 2.77. The third-order valence-electron chi connectivity index (χ3n) is 4.71. The van der Waals surface area contributed by atoms with Crippen molar-refractivity contribution in [1.82, 2.24) is 25.1 Å². The summed E-state index contributed by atoms with van der Waals surface area (Å²) in [5.41, 5.74) is 1.13. The van der Waals surface area contributed by atoms with E-state index in [9.17, 15) is 18.0 Å². The molecule has 30 heavy (non-hydrogen) atoms. The Bertz CT molecular complexity index is 1010. The van der Waals surface area contributed by atoms with Gasteiger partial charge >= 0.3 is 6.18 Å². The molecule has 1 fully saturated rings. The summed E-state index contributed by atoms with van der Waals surface area (Å²) in [6.45, 7) is 2.26. The zero-order valence-electron chi connectivity index (χ0n) is 15.8. The lowest BCUT2D eigenvalue weighted by atomic mass is 10.0. The molecule has 3 heterocycles. The number of Topliss-reactive ketones (excluding diaryl/α,β-unsaturated/α-hetero) is 1. The molecule has 0 aliphatic carbocycles. The van der Waals surface area contributed by atoms with Gasteiger partial charge in [0.15, 0.2) is 17.3 Å². The van der Waals surface area contributed by atoms with Crippen molar-refractivity contribution in [3.8, 4) is 5.82 Å². The molecule has 10 heteroatoms. The van der Waals surface area contributed by atoms with Crippen LogP contribution in [0.2, 0.25) is 0 Å². The molecule has 1 aromatic carbocycles.